The van der Waals surface area contributed by atoms with Crippen LogP contribution in [0.1, 0.15) is 30.4 Å². The maximum atomic E-state index is 14.3. The molecule has 0 atom stereocenters. The van der Waals surface area contributed by atoms with Crippen LogP contribution < -0.4 is 9.47 Å². The lowest BCUT2D eigenvalue weighted by molar-refractivity contribution is -0.187. The van der Waals surface area contributed by atoms with Crippen molar-refractivity contribution in [2.24, 2.45) is 0 Å². The van der Waals surface area contributed by atoms with Crippen LogP contribution in [-0.4, -0.2) is 23.9 Å². The van der Waals surface area contributed by atoms with Crippen molar-refractivity contribution in [1.82, 2.24) is 0 Å². The largest absolute Gasteiger partial charge is 0.493 e. The molecule has 0 aliphatic heterocycles. The number of carboxylic acids is 1. The monoisotopic (exact) mass is 448 g/mol. The molecule has 0 bridgehead atoms. The number of carboxylic acid groups (broad SMARTS) is 1. The zero-order valence-corrected chi connectivity index (χ0v) is 16.0. The van der Waals surface area contributed by atoms with E-state index in [-0.39, 0.29) is 25.2 Å². The first-order valence-electron chi connectivity index (χ1n) is 9.04. The van der Waals surface area contributed by atoms with Crippen LogP contribution in [0, 0.1) is 5.82 Å². The molecule has 0 fully saturated rings. The maximum absolute atomic E-state index is 14.3. The molecule has 168 valence electrons. The Kier molecular flexibility index (Phi) is 7.95. The van der Waals surface area contributed by atoms with Gasteiger partial charge in [-0.15, -0.1) is 0 Å². The number of carbonyl (C=O) groups is 1. The Labute approximate surface area is 173 Å². The van der Waals surface area contributed by atoms with Gasteiger partial charge in [0.2, 0.25) is 0 Å². The number of hydrogen-bond acceptors (Lipinski definition) is 3. The van der Waals surface area contributed by atoms with Crippen LogP contribution in [0.15, 0.2) is 48.5 Å². The van der Waals surface area contributed by atoms with Crippen molar-refractivity contribution in [3.8, 4) is 11.5 Å². The van der Waals surface area contributed by atoms with Crippen LogP contribution in [0.3, 0.4) is 0 Å². The third-order valence-corrected chi connectivity index (χ3v) is 3.93. The summed E-state index contributed by atoms with van der Waals surface area (Å²) in [4.78, 5) is 10.5. The van der Waals surface area contributed by atoms with E-state index in [2.05, 4.69) is 4.74 Å². The number of aliphatic carboxylic acids is 1. The summed E-state index contributed by atoms with van der Waals surface area (Å²) in [5, 5.41) is 8.56. The van der Waals surface area contributed by atoms with E-state index >= 15 is 0 Å². The molecule has 31 heavy (non-hydrogen) atoms. The zero-order chi connectivity index (χ0) is 23.1. The summed E-state index contributed by atoms with van der Waals surface area (Å²) in [5.41, 5.74) is -0.214. The Balaban J connectivity index is 1.96. The van der Waals surface area contributed by atoms with Crippen molar-refractivity contribution >= 4 is 12.0 Å². The lowest BCUT2D eigenvalue weighted by Gasteiger charge is -2.19. The van der Waals surface area contributed by atoms with E-state index < -0.39 is 41.8 Å². The summed E-state index contributed by atoms with van der Waals surface area (Å²) in [7, 11) is 0. The normalized spacial score (nSPS) is 12.2. The minimum Gasteiger partial charge on any atom is -0.493 e. The predicted molar refractivity (Wildman–Crippen MR) is 99.4 cm³/mol. The van der Waals surface area contributed by atoms with E-state index in [1.807, 2.05) is 0 Å². The van der Waals surface area contributed by atoms with Crippen LogP contribution in [0.4, 0.5) is 26.3 Å². The molecule has 0 amide bonds. The van der Waals surface area contributed by atoms with E-state index in [0.29, 0.717) is 5.56 Å². The second kappa shape index (κ2) is 10.2. The number of halogens is 6. The zero-order valence-electron chi connectivity index (χ0n) is 16.0. The summed E-state index contributed by atoms with van der Waals surface area (Å²) >= 11 is 0. The molecule has 0 heterocycles. The third kappa shape index (κ3) is 8.23. The number of hydrogen-bond donors (Lipinski definition) is 1. The van der Waals surface area contributed by atoms with Gasteiger partial charge in [-0.1, -0.05) is 12.1 Å². The molecule has 0 aliphatic carbocycles. The lowest BCUT2D eigenvalue weighted by Crippen LogP contribution is -2.22. The van der Waals surface area contributed by atoms with Gasteiger partial charge < -0.3 is 14.6 Å². The third-order valence-electron chi connectivity index (χ3n) is 3.93. The molecule has 2 aromatic carbocycles. The van der Waals surface area contributed by atoms with Gasteiger partial charge >= 0.3 is 18.3 Å². The van der Waals surface area contributed by atoms with Gasteiger partial charge in [0, 0.05) is 18.6 Å². The SMILES string of the molecule is O=C(O)/C=C/c1ccc(C(F)(F)Oc2ccc(OCCCCC(F)(F)F)cc2F)cc1. The molecule has 4 nitrogen and oxygen atoms in total. The first-order chi connectivity index (χ1) is 14.5. The van der Waals surface area contributed by atoms with Crippen LogP contribution in [0.2, 0.25) is 0 Å². The molecule has 0 aromatic heterocycles. The van der Waals surface area contributed by atoms with Crippen LogP contribution in [-0.2, 0) is 10.9 Å². The van der Waals surface area contributed by atoms with Gasteiger partial charge in [0.15, 0.2) is 11.6 Å². The molecule has 0 aliphatic rings. The van der Waals surface area contributed by atoms with Gasteiger partial charge in [-0.25, -0.2) is 9.18 Å². The number of unbranched alkanes of at least 4 members (excludes halogenated alkanes) is 1. The summed E-state index contributed by atoms with van der Waals surface area (Å²) in [6.07, 6.45) is -7.09. The maximum Gasteiger partial charge on any atom is 0.426 e. The Morgan fingerprint density at radius 3 is 2.26 bits per heavy atom. The molecule has 0 radical (unpaired) electrons. The summed E-state index contributed by atoms with van der Waals surface area (Å²) < 4.78 is 88.6. The first kappa shape index (κ1) is 24.1. The number of alkyl halides is 5. The highest BCUT2D eigenvalue weighted by molar-refractivity contribution is 5.85. The highest BCUT2D eigenvalue weighted by Crippen LogP contribution is 2.34. The molecule has 2 aromatic rings. The predicted octanol–water partition coefficient (Wildman–Crippen LogP) is 6.16. The first-order valence-corrected chi connectivity index (χ1v) is 9.04. The van der Waals surface area contributed by atoms with Crippen molar-refractivity contribution in [2.45, 2.75) is 31.5 Å². The van der Waals surface area contributed by atoms with E-state index in [1.54, 1.807) is 0 Å². The topological polar surface area (TPSA) is 55.8 Å². The molecule has 0 saturated carbocycles. The van der Waals surface area contributed by atoms with E-state index in [1.165, 1.54) is 18.2 Å². The number of rotatable bonds is 10. The highest BCUT2D eigenvalue weighted by Gasteiger charge is 2.35. The van der Waals surface area contributed by atoms with Crippen LogP contribution in [0.5, 0.6) is 11.5 Å². The average molecular weight is 448 g/mol. The van der Waals surface area contributed by atoms with Gasteiger partial charge in [0.25, 0.3) is 0 Å². The van der Waals surface area contributed by atoms with Crippen molar-refractivity contribution in [2.75, 3.05) is 6.61 Å². The number of ether oxygens (including phenoxy) is 2. The molecular weight excluding hydrogens is 430 g/mol. The van der Waals surface area contributed by atoms with E-state index in [0.717, 1.165) is 36.4 Å². The average Bonchev–Trinajstić information content (AvgIpc) is 2.67. The molecule has 10 heteroatoms. The lowest BCUT2D eigenvalue weighted by atomic mass is 10.1. The fourth-order valence-electron chi connectivity index (χ4n) is 2.42. The Hall–Kier alpha value is -3.17. The Morgan fingerprint density at radius 1 is 1.00 bits per heavy atom. The molecule has 0 spiro atoms. The molecule has 0 saturated heterocycles. The van der Waals surface area contributed by atoms with E-state index in [9.17, 15) is 31.1 Å². The standard InChI is InChI=1S/C21H18F6O4/c22-17-13-16(30-12-2-1-11-20(23,24)25)8-9-18(17)31-21(26,27)15-6-3-14(4-7-15)5-10-19(28)29/h3-10,13H,1-2,11-12H2,(H,28,29)/b10-5+. The summed E-state index contributed by atoms with van der Waals surface area (Å²) in [5.74, 6) is -3.10. The molecule has 0 unspecified atom stereocenters. The fourth-order valence-corrected chi connectivity index (χ4v) is 2.42. The molecular formula is C21H18F6O4. The summed E-state index contributed by atoms with van der Waals surface area (Å²) in [6.45, 7) is -0.0887. The van der Waals surface area contributed by atoms with Crippen molar-refractivity contribution in [3.05, 3.63) is 65.5 Å². The number of benzene rings is 2. The van der Waals surface area contributed by atoms with Crippen molar-refractivity contribution in [1.29, 1.82) is 0 Å². The van der Waals surface area contributed by atoms with Crippen LogP contribution in [0.25, 0.3) is 6.08 Å². The highest BCUT2D eigenvalue weighted by atomic mass is 19.4. The van der Waals surface area contributed by atoms with Crippen LogP contribution >= 0.6 is 0 Å². The van der Waals surface area contributed by atoms with Gasteiger partial charge in [0.05, 0.1) is 12.2 Å². The van der Waals surface area contributed by atoms with Gasteiger partial charge in [0.1, 0.15) is 5.75 Å². The van der Waals surface area contributed by atoms with Crippen molar-refractivity contribution in [3.63, 3.8) is 0 Å². The van der Waals surface area contributed by atoms with Gasteiger partial charge in [-0.05, 0) is 48.7 Å². The minimum atomic E-state index is -4.26. The summed E-state index contributed by atoms with van der Waals surface area (Å²) in [6, 6.07) is 7.41. The molecule has 2 rings (SSSR count). The second-order valence-electron chi connectivity index (χ2n) is 6.43. The quantitative estimate of drug-likeness (QED) is 0.269. The minimum absolute atomic E-state index is 0.0326. The van der Waals surface area contributed by atoms with Gasteiger partial charge in [-0.3, -0.25) is 0 Å². The van der Waals surface area contributed by atoms with Gasteiger partial charge in [-0.2, -0.15) is 22.0 Å². The Morgan fingerprint density at radius 2 is 1.68 bits per heavy atom. The Bertz CT molecular complexity index is 907. The second-order valence-corrected chi connectivity index (χ2v) is 6.43. The fraction of sp³-hybridized carbons (Fsp3) is 0.286. The molecule has 1 N–H and O–H groups in total. The smallest absolute Gasteiger partial charge is 0.426 e. The van der Waals surface area contributed by atoms with Crippen molar-refractivity contribution < 1.29 is 45.7 Å². The van der Waals surface area contributed by atoms with E-state index in [4.69, 9.17) is 9.84 Å².